The monoisotopic (exact) mass is 349 g/mol. The lowest BCUT2D eigenvalue weighted by atomic mass is 10.1. The molecule has 1 N–H and O–H groups in total. The number of hydrogen-bond donors (Lipinski definition) is 1. The number of nitrogens with one attached hydrogen (secondary N) is 1. The van der Waals surface area contributed by atoms with Crippen LogP contribution >= 0.6 is 0 Å². The molecule has 0 spiro atoms. The van der Waals surface area contributed by atoms with E-state index in [9.17, 15) is 0 Å². The van der Waals surface area contributed by atoms with Crippen LogP contribution in [0.25, 0.3) is 0 Å². The van der Waals surface area contributed by atoms with Crippen LogP contribution in [-0.4, -0.2) is 62.5 Å². The van der Waals surface area contributed by atoms with Gasteiger partial charge in [0.25, 0.3) is 0 Å². The van der Waals surface area contributed by atoms with Gasteiger partial charge >= 0.3 is 0 Å². The topological polar surface area (TPSA) is 59.2 Å². The first-order chi connectivity index (χ1) is 12.4. The van der Waals surface area contributed by atoms with Gasteiger partial charge in [-0.25, -0.2) is 0 Å². The van der Waals surface area contributed by atoms with Crippen molar-refractivity contribution in [1.82, 2.24) is 10.2 Å². The zero-order valence-electron chi connectivity index (χ0n) is 15.3. The van der Waals surface area contributed by atoms with Gasteiger partial charge in [0, 0.05) is 39.2 Å². The summed E-state index contributed by atoms with van der Waals surface area (Å²) in [4.78, 5) is 7.15. The largest absolute Gasteiger partial charge is 0.469 e. The van der Waals surface area contributed by atoms with E-state index in [-0.39, 0.29) is 12.2 Å². The van der Waals surface area contributed by atoms with Crippen LogP contribution in [0.2, 0.25) is 0 Å². The highest BCUT2D eigenvalue weighted by Gasteiger charge is 2.32. The Morgan fingerprint density at radius 1 is 1.32 bits per heavy atom. The molecule has 140 valence electrons. The van der Waals surface area contributed by atoms with Crippen LogP contribution < -0.4 is 5.32 Å². The summed E-state index contributed by atoms with van der Waals surface area (Å²) in [5, 5.41) is 3.52. The summed E-state index contributed by atoms with van der Waals surface area (Å²) in [5.74, 6) is 1.99. The molecule has 2 fully saturated rings. The summed E-state index contributed by atoms with van der Waals surface area (Å²) >= 11 is 0. The average molecular weight is 349 g/mol. The van der Waals surface area contributed by atoms with Crippen LogP contribution in [-0.2, 0) is 15.9 Å². The van der Waals surface area contributed by atoms with Crippen molar-refractivity contribution in [2.75, 3.05) is 39.4 Å². The van der Waals surface area contributed by atoms with Crippen LogP contribution in [0.4, 0.5) is 0 Å². The maximum atomic E-state index is 5.97. The molecular formula is C19H31N3O3. The minimum Gasteiger partial charge on any atom is -0.469 e. The van der Waals surface area contributed by atoms with Gasteiger partial charge in [-0.2, -0.15) is 0 Å². The molecule has 0 saturated carbocycles. The van der Waals surface area contributed by atoms with Gasteiger partial charge in [0.05, 0.1) is 19.0 Å². The fraction of sp³-hybridized carbons (Fsp3) is 0.737. The molecule has 3 heterocycles. The van der Waals surface area contributed by atoms with Crippen LogP contribution in [0.3, 0.4) is 0 Å². The van der Waals surface area contributed by atoms with Crippen molar-refractivity contribution in [1.29, 1.82) is 0 Å². The molecule has 6 nitrogen and oxygen atoms in total. The molecule has 2 saturated heterocycles. The Hall–Kier alpha value is -1.53. The van der Waals surface area contributed by atoms with Crippen molar-refractivity contribution in [2.45, 2.75) is 51.2 Å². The second kappa shape index (κ2) is 9.82. The van der Waals surface area contributed by atoms with Crippen molar-refractivity contribution in [3.63, 3.8) is 0 Å². The molecular weight excluding hydrogens is 318 g/mol. The molecule has 0 aromatic carbocycles. The van der Waals surface area contributed by atoms with Gasteiger partial charge in [-0.15, -0.1) is 0 Å². The number of unbranched alkanes of at least 4 members (excludes halogenated alkanes) is 1. The number of furan rings is 1. The third-order valence-corrected chi connectivity index (χ3v) is 4.78. The molecule has 3 rings (SSSR count). The normalized spacial score (nSPS) is 24.7. The van der Waals surface area contributed by atoms with E-state index in [0.29, 0.717) is 0 Å². The minimum absolute atomic E-state index is 0.152. The van der Waals surface area contributed by atoms with E-state index in [4.69, 9.17) is 18.9 Å². The maximum Gasteiger partial charge on any atom is 0.194 e. The van der Waals surface area contributed by atoms with Crippen LogP contribution in [0.5, 0.6) is 0 Å². The Bertz CT molecular complexity index is 512. The van der Waals surface area contributed by atoms with E-state index >= 15 is 0 Å². The minimum atomic E-state index is 0.152. The van der Waals surface area contributed by atoms with Crippen LogP contribution in [0.15, 0.2) is 27.8 Å². The highest BCUT2D eigenvalue weighted by molar-refractivity contribution is 5.80. The van der Waals surface area contributed by atoms with E-state index in [1.54, 1.807) is 6.26 Å². The molecule has 6 heteroatoms. The SMILES string of the molecule is CCCCN=C(NCCc1ccco1)N1CCOC(C2CCCO2)C1. The van der Waals surface area contributed by atoms with E-state index in [0.717, 1.165) is 83.2 Å². The third-order valence-electron chi connectivity index (χ3n) is 4.78. The molecule has 2 atom stereocenters. The smallest absolute Gasteiger partial charge is 0.194 e. The first-order valence-electron chi connectivity index (χ1n) is 9.65. The summed E-state index contributed by atoms with van der Waals surface area (Å²) in [7, 11) is 0. The molecule has 0 aliphatic carbocycles. The summed E-state index contributed by atoms with van der Waals surface area (Å²) in [5.41, 5.74) is 0. The zero-order chi connectivity index (χ0) is 17.3. The molecule has 2 aliphatic rings. The first kappa shape index (κ1) is 18.3. The Morgan fingerprint density at radius 2 is 2.24 bits per heavy atom. The Balaban J connectivity index is 1.55. The highest BCUT2D eigenvalue weighted by Crippen LogP contribution is 2.21. The molecule has 1 aromatic rings. The van der Waals surface area contributed by atoms with E-state index < -0.39 is 0 Å². The fourth-order valence-electron chi connectivity index (χ4n) is 3.35. The zero-order valence-corrected chi connectivity index (χ0v) is 15.3. The summed E-state index contributed by atoms with van der Waals surface area (Å²) < 4.78 is 17.2. The summed E-state index contributed by atoms with van der Waals surface area (Å²) in [6, 6.07) is 3.94. The van der Waals surface area contributed by atoms with E-state index in [1.165, 1.54) is 0 Å². The highest BCUT2D eigenvalue weighted by atomic mass is 16.5. The second-order valence-electron chi connectivity index (χ2n) is 6.72. The van der Waals surface area contributed by atoms with Gasteiger partial charge in [-0.05, 0) is 31.4 Å². The fourth-order valence-corrected chi connectivity index (χ4v) is 3.35. The molecule has 0 bridgehead atoms. The van der Waals surface area contributed by atoms with E-state index in [2.05, 4.69) is 17.1 Å². The van der Waals surface area contributed by atoms with Crippen molar-refractivity contribution >= 4 is 5.96 Å². The third kappa shape index (κ3) is 5.47. The summed E-state index contributed by atoms with van der Waals surface area (Å²) in [6.45, 7) is 7.20. The van der Waals surface area contributed by atoms with E-state index in [1.807, 2.05) is 12.1 Å². The van der Waals surface area contributed by atoms with Gasteiger partial charge in [-0.1, -0.05) is 13.3 Å². The average Bonchev–Trinajstić information content (AvgIpc) is 3.34. The Kier molecular flexibility index (Phi) is 7.18. The summed E-state index contributed by atoms with van der Waals surface area (Å²) in [6.07, 6.45) is 7.49. The number of rotatable bonds is 7. The van der Waals surface area contributed by atoms with Gasteiger partial charge in [-0.3, -0.25) is 4.99 Å². The molecule has 25 heavy (non-hydrogen) atoms. The molecule has 2 aliphatic heterocycles. The number of aliphatic imine (C=N–C) groups is 1. The van der Waals surface area contributed by atoms with Gasteiger partial charge in [0.1, 0.15) is 11.9 Å². The molecule has 0 amide bonds. The quantitative estimate of drug-likeness (QED) is 0.465. The Morgan fingerprint density at radius 3 is 3.00 bits per heavy atom. The van der Waals surface area contributed by atoms with Crippen molar-refractivity contribution in [3.8, 4) is 0 Å². The number of guanidine groups is 1. The van der Waals surface area contributed by atoms with Crippen molar-refractivity contribution in [3.05, 3.63) is 24.2 Å². The van der Waals surface area contributed by atoms with Gasteiger partial charge in [0.2, 0.25) is 0 Å². The number of morpholine rings is 1. The van der Waals surface area contributed by atoms with Gasteiger partial charge < -0.3 is 24.1 Å². The number of hydrogen-bond acceptors (Lipinski definition) is 4. The van der Waals surface area contributed by atoms with Gasteiger partial charge in [0.15, 0.2) is 5.96 Å². The lowest BCUT2D eigenvalue weighted by molar-refractivity contribution is -0.0817. The molecule has 0 radical (unpaired) electrons. The lowest BCUT2D eigenvalue weighted by Gasteiger charge is -2.37. The van der Waals surface area contributed by atoms with Crippen LogP contribution in [0.1, 0.15) is 38.4 Å². The lowest BCUT2D eigenvalue weighted by Crippen LogP contribution is -2.53. The molecule has 1 aromatic heterocycles. The van der Waals surface area contributed by atoms with Crippen molar-refractivity contribution in [2.24, 2.45) is 4.99 Å². The van der Waals surface area contributed by atoms with Crippen molar-refractivity contribution < 1.29 is 13.9 Å². The second-order valence-corrected chi connectivity index (χ2v) is 6.72. The number of nitrogens with zero attached hydrogens (tertiary/aromatic N) is 2. The predicted octanol–water partition coefficient (Wildman–Crippen LogP) is 2.45. The standard InChI is InChI=1S/C19H31N3O3/c1-2-3-9-20-19(21-10-8-16-6-4-12-23-16)22-11-14-25-18(15-22)17-7-5-13-24-17/h4,6,12,17-18H,2-3,5,7-11,13-15H2,1H3,(H,20,21). The maximum absolute atomic E-state index is 5.97. The number of ether oxygens (including phenoxy) is 2. The van der Waals surface area contributed by atoms with Crippen LogP contribution in [0, 0.1) is 0 Å². The molecule has 2 unspecified atom stereocenters. The first-order valence-corrected chi connectivity index (χ1v) is 9.65. The Labute approximate surface area is 150 Å². The predicted molar refractivity (Wildman–Crippen MR) is 97.9 cm³/mol.